The zero-order valence-electron chi connectivity index (χ0n) is 17.6. The molecule has 1 atom stereocenters. The summed E-state index contributed by atoms with van der Waals surface area (Å²) in [5.74, 6) is 0. The number of nitrogens with one attached hydrogen (secondary N) is 1. The van der Waals surface area contributed by atoms with Crippen molar-refractivity contribution in [2.45, 2.75) is 77.4 Å². The number of rotatable bonds is 13. The van der Waals surface area contributed by atoms with E-state index < -0.39 is 8.07 Å². The summed E-state index contributed by atoms with van der Waals surface area (Å²) >= 11 is 0. The van der Waals surface area contributed by atoms with Crippen LogP contribution in [0.25, 0.3) is 0 Å². The quantitative estimate of drug-likeness (QED) is 0.280. The average molecular weight is 400 g/mol. The van der Waals surface area contributed by atoms with Crippen LogP contribution in [0.4, 0.5) is 5.69 Å². The second kappa shape index (κ2) is 12.4. The maximum Gasteiger partial charge on any atom is 0.0867 e. The van der Waals surface area contributed by atoms with E-state index >= 15 is 0 Å². The molecule has 27 heavy (non-hydrogen) atoms. The van der Waals surface area contributed by atoms with Gasteiger partial charge in [0.2, 0.25) is 0 Å². The molecule has 1 nitrogen and oxygen atoms in total. The van der Waals surface area contributed by atoms with Gasteiger partial charge in [-0.25, -0.2) is 0 Å². The summed E-state index contributed by atoms with van der Waals surface area (Å²) < 4.78 is 0. The Kier molecular flexibility index (Phi) is 10.2. The molecule has 0 aromatic heterocycles. The van der Waals surface area contributed by atoms with E-state index in [0.717, 1.165) is 0 Å². The summed E-state index contributed by atoms with van der Waals surface area (Å²) in [5.41, 5.74) is 1.21. The Morgan fingerprint density at radius 3 is 1.70 bits per heavy atom. The minimum absolute atomic E-state index is 0.630. The van der Waals surface area contributed by atoms with Crippen molar-refractivity contribution in [3.05, 3.63) is 54.6 Å². The van der Waals surface area contributed by atoms with Crippen molar-refractivity contribution in [1.29, 1.82) is 0 Å². The summed E-state index contributed by atoms with van der Waals surface area (Å²) in [6.07, 6.45) is 8.19. The topological polar surface area (TPSA) is 12.0 Å². The third kappa shape index (κ3) is 7.09. The molecule has 0 heterocycles. The highest BCUT2D eigenvalue weighted by molar-refractivity contribution is 7.48. The van der Waals surface area contributed by atoms with E-state index in [1.54, 1.807) is 5.19 Å². The molecule has 2 aromatic carbocycles. The molecule has 2 rings (SSSR count). The molecule has 0 fully saturated rings. The van der Waals surface area contributed by atoms with Crippen LogP contribution in [-0.2, 0) is 0 Å². The molecule has 2 aromatic rings. The van der Waals surface area contributed by atoms with Gasteiger partial charge in [0, 0.05) is 14.4 Å². The molecule has 1 unspecified atom stereocenters. The molecule has 0 saturated heterocycles. The summed E-state index contributed by atoms with van der Waals surface area (Å²) in [7, 11) is -0.732. The maximum atomic E-state index is 3.56. The fourth-order valence-electron chi connectivity index (χ4n) is 3.93. The van der Waals surface area contributed by atoms with Gasteiger partial charge in [0.1, 0.15) is 0 Å². The van der Waals surface area contributed by atoms with Gasteiger partial charge in [-0.05, 0) is 17.4 Å². The molecule has 0 radical (unpaired) electrons. The lowest BCUT2D eigenvalue weighted by molar-refractivity contribution is 0.800. The van der Waals surface area contributed by atoms with Crippen LogP contribution >= 0.6 is 8.73 Å². The minimum atomic E-state index is -1.36. The molecular formula is C24H38NPSi. The van der Waals surface area contributed by atoms with E-state index in [9.17, 15) is 0 Å². The lowest BCUT2D eigenvalue weighted by atomic mass is 10.3. The Morgan fingerprint density at radius 2 is 1.22 bits per heavy atom. The zero-order valence-corrected chi connectivity index (χ0v) is 19.6. The third-order valence-corrected chi connectivity index (χ3v) is 12.2. The molecule has 0 aliphatic carbocycles. The predicted octanol–water partition coefficient (Wildman–Crippen LogP) is 7.07. The van der Waals surface area contributed by atoms with E-state index in [4.69, 9.17) is 0 Å². The minimum Gasteiger partial charge on any atom is -0.363 e. The Labute approximate surface area is 170 Å². The molecule has 0 aliphatic rings. The normalized spacial score (nSPS) is 12.0. The largest absolute Gasteiger partial charge is 0.363 e. The Balaban J connectivity index is 2.13. The summed E-state index contributed by atoms with van der Waals surface area (Å²) in [5, 5.41) is 6.68. The number of unbranched alkanes of at least 4 members (excludes halogenated alkanes) is 3. The van der Waals surface area contributed by atoms with Gasteiger partial charge >= 0.3 is 0 Å². The van der Waals surface area contributed by atoms with Crippen LogP contribution in [-0.4, -0.2) is 8.07 Å². The molecule has 0 amide bonds. The van der Waals surface area contributed by atoms with Crippen molar-refractivity contribution in [1.82, 2.24) is 0 Å². The number of hydrogen-bond donors (Lipinski definition) is 1. The number of anilines is 1. The van der Waals surface area contributed by atoms with Crippen molar-refractivity contribution < 1.29 is 0 Å². The van der Waals surface area contributed by atoms with Crippen molar-refractivity contribution in [2.75, 3.05) is 5.09 Å². The molecule has 0 bridgehead atoms. The van der Waals surface area contributed by atoms with Gasteiger partial charge in [-0.2, -0.15) is 0 Å². The van der Waals surface area contributed by atoms with Gasteiger partial charge in [-0.1, -0.05) is 125 Å². The fraction of sp³-hybridized carbons (Fsp3) is 0.500. The third-order valence-electron chi connectivity index (χ3n) is 5.65. The fourth-order valence-corrected chi connectivity index (χ4v) is 10.3. The number of hydrogen-bond acceptors (Lipinski definition) is 1. The summed E-state index contributed by atoms with van der Waals surface area (Å²) in [4.78, 5) is 0. The number of benzene rings is 2. The van der Waals surface area contributed by atoms with E-state index in [-0.39, 0.29) is 0 Å². The van der Waals surface area contributed by atoms with Gasteiger partial charge in [0.15, 0.2) is 0 Å². The monoisotopic (exact) mass is 399 g/mol. The highest BCUT2D eigenvalue weighted by atomic mass is 31.1. The average Bonchev–Trinajstić information content (AvgIpc) is 2.73. The van der Waals surface area contributed by atoms with Crippen molar-refractivity contribution in [2.24, 2.45) is 0 Å². The van der Waals surface area contributed by atoms with Crippen molar-refractivity contribution in [3.63, 3.8) is 0 Å². The predicted molar refractivity (Wildman–Crippen MR) is 129 cm³/mol. The Morgan fingerprint density at radius 1 is 0.704 bits per heavy atom. The molecule has 0 spiro atoms. The highest BCUT2D eigenvalue weighted by Gasteiger charge is 2.32. The first kappa shape index (κ1) is 22.2. The molecule has 0 saturated carbocycles. The van der Waals surface area contributed by atoms with E-state index in [0.29, 0.717) is 8.73 Å². The summed E-state index contributed by atoms with van der Waals surface area (Å²) in [6, 6.07) is 24.7. The molecule has 1 N–H and O–H groups in total. The van der Waals surface area contributed by atoms with E-state index in [1.165, 1.54) is 67.6 Å². The van der Waals surface area contributed by atoms with Crippen LogP contribution < -0.4 is 15.6 Å². The van der Waals surface area contributed by atoms with Gasteiger partial charge in [-0.3, -0.25) is 0 Å². The van der Waals surface area contributed by atoms with Gasteiger partial charge in [0.05, 0.1) is 8.07 Å². The molecular weight excluding hydrogens is 361 g/mol. The molecule has 0 aliphatic heterocycles. The lowest BCUT2D eigenvalue weighted by Crippen LogP contribution is -2.47. The molecule has 3 heteroatoms. The van der Waals surface area contributed by atoms with E-state index in [2.05, 4.69) is 80.5 Å². The first-order valence-corrected chi connectivity index (χ1v) is 14.5. The van der Waals surface area contributed by atoms with Crippen LogP contribution in [0.15, 0.2) is 54.6 Å². The van der Waals surface area contributed by atoms with Gasteiger partial charge in [-0.15, -0.1) is 0 Å². The highest BCUT2D eigenvalue weighted by Crippen LogP contribution is 2.28. The maximum absolute atomic E-state index is 3.56. The zero-order chi connectivity index (χ0) is 19.4. The lowest BCUT2D eigenvalue weighted by Gasteiger charge is -2.33. The first-order valence-electron chi connectivity index (χ1n) is 10.9. The second-order valence-corrected chi connectivity index (χ2v) is 13.5. The second-order valence-electron chi connectivity index (χ2n) is 7.78. The van der Waals surface area contributed by atoms with Crippen LogP contribution in [0.5, 0.6) is 0 Å². The van der Waals surface area contributed by atoms with Crippen LogP contribution in [0.2, 0.25) is 18.1 Å². The van der Waals surface area contributed by atoms with Crippen molar-refractivity contribution >= 4 is 33.0 Å². The van der Waals surface area contributed by atoms with Gasteiger partial charge < -0.3 is 5.09 Å². The SMILES string of the molecule is CCCC[Si](CCCC)(CCCC)c1ccc(PNc2ccccc2)cc1. The first-order chi connectivity index (χ1) is 13.2. The Bertz CT molecular complexity index is 605. The summed E-state index contributed by atoms with van der Waals surface area (Å²) in [6.45, 7) is 7.04. The molecule has 148 valence electrons. The smallest absolute Gasteiger partial charge is 0.0867 e. The van der Waals surface area contributed by atoms with E-state index in [1.807, 2.05) is 0 Å². The van der Waals surface area contributed by atoms with Crippen LogP contribution in [0.3, 0.4) is 0 Å². The van der Waals surface area contributed by atoms with Crippen LogP contribution in [0.1, 0.15) is 59.3 Å². The standard InChI is InChI=1S/C24H38NPSi/c1-4-7-19-27(20-8-5-2,21-9-6-3)24-17-15-23(16-18-24)26-25-22-13-11-10-12-14-22/h10-18,25-26H,4-9,19-21H2,1-3H3. The van der Waals surface area contributed by atoms with Crippen LogP contribution in [0, 0.1) is 0 Å². The van der Waals surface area contributed by atoms with Crippen molar-refractivity contribution in [3.8, 4) is 0 Å². The Hall–Kier alpha value is -1.11. The number of para-hydroxylation sites is 1. The van der Waals surface area contributed by atoms with Gasteiger partial charge in [0.25, 0.3) is 0 Å².